The van der Waals surface area contributed by atoms with Crippen molar-refractivity contribution in [2.24, 2.45) is 7.05 Å². The molecule has 0 N–H and O–H groups in total. The van der Waals surface area contributed by atoms with Gasteiger partial charge in [0.05, 0.1) is 11.6 Å². The van der Waals surface area contributed by atoms with Crippen LogP contribution in [-0.4, -0.2) is 35.0 Å². The first-order valence-corrected chi connectivity index (χ1v) is 9.44. The van der Waals surface area contributed by atoms with Gasteiger partial charge >= 0.3 is 0 Å². The van der Waals surface area contributed by atoms with Gasteiger partial charge in [-0.25, -0.2) is 4.98 Å². The van der Waals surface area contributed by atoms with Gasteiger partial charge in [0.25, 0.3) is 0 Å². The summed E-state index contributed by atoms with van der Waals surface area (Å²) in [5, 5.41) is 4.73. The van der Waals surface area contributed by atoms with Crippen LogP contribution < -0.4 is 0 Å². The molecule has 7 heteroatoms. The molecule has 0 spiro atoms. The molecule has 2 aromatic heterocycles. The Morgan fingerprint density at radius 2 is 2.14 bits per heavy atom. The first-order valence-electron chi connectivity index (χ1n) is 7.28. The van der Waals surface area contributed by atoms with Crippen molar-refractivity contribution in [2.75, 3.05) is 6.26 Å². The first-order chi connectivity index (χ1) is 9.99. The monoisotopic (exact) mass is 330 g/mol. The van der Waals surface area contributed by atoms with Crippen LogP contribution in [0.15, 0.2) is 0 Å². The second-order valence-corrected chi connectivity index (χ2v) is 7.47. The summed E-state index contributed by atoms with van der Waals surface area (Å²) in [5.74, 6) is 1.25. The minimum atomic E-state index is -0.806. The second kappa shape index (κ2) is 6.92. The van der Waals surface area contributed by atoms with Gasteiger partial charge in [0.2, 0.25) is 0 Å². The third-order valence-corrected chi connectivity index (χ3v) is 5.41. The number of nitrogens with zero attached hydrogens (tertiary/aromatic N) is 4. The Morgan fingerprint density at radius 3 is 2.71 bits per heavy atom. The van der Waals surface area contributed by atoms with E-state index in [1.54, 1.807) is 6.26 Å². The van der Waals surface area contributed by atoms with Gasteiger partial charge in [0, 0.05) is 35.9 Å². The normalized spacial score (nSPS) is 14.7. The minimum Gasteiger partial charge on any atom is -0.312 e. The maximum atomic E-state index is 11.5. The summed E-state index contributed by atoms with van der Waals surface area (Å²) in [5.41, 5.74) is 3.01. The van der Waals surface area contributed by atoms with Crippen molar-refractivity contribution in [3.8, 4) is 0 Å². The van der Waals surface area contributed by atoms with Crippen LogP contribution in [0.25, 0.3) is 11.2 Å². The van der Waals surface area contributed by atoms with E-state index < -0.39 is 10.8 Å². The summed E-state index contributed by atoms with van der Waals surface area (Å²) >= 11 is 6.05. The Bertz CT molecular complexity index is 649. The van der Waals surface area contributed by atoms with Gasteiger partial charge in [-0.05, 0) is 12.8 Å². The predicted octanol–water partition coefficient (Wildman–Crippen LogP) is 2.62. The molecule has 21 heavy (non-hydrogen) atoms. The number of aryl methyl sites for hydroxylation is 3. The maximum absolute atomic E-state index is 11.5. The summed E-state index contributed by atoms with van der Waals surface area (Å²) in [7, 11) is 1.14. The van der Waals surface area contributed by atoms with Crippen molar-refractivity contribution in [1.29, 1.82) is 0 Å². The Labute approximate surface area is 133 Å². The van der Waals surface area contributed by atoms with Gasteiger partial charge in [-0.15, -0.1) is 11.6 Å². The number of alkyl halides is 1. The zero-order valence-corrected chi connectivity index (χ0v) is 14.7. The molecular formula is C14H23ClN4OS. The van der Waals surface area contributed by atoms with E-state index >= 15 is 0 Å². The molecule has 118 valence electrons. The Kier molecular flexibility index (Phi) is 5.43. The third-order valence-electron chi connectivity index (χ3n) is 3.80. The standard InChI is InChI=1S/C14H23ClN4OS/c1-5-6-11-13-14(18(3)17-11)19(12(9-15)16-13)8-7-10(2)21(4)20/h10H,5-9H2,1-4H3. The molecule has 0 aliphatic carbocycles. The number of halogens is 1. The van der Waals surface area contributed by atoms with E-state index in [0.29, 0.717) is 5.88 Å². The van der Waals surface area contributed by atoms with Crippen LogP contribution in [0, 0.1) is 0 Å². The van der Waals surface area contributed by atoms with E-state index in [4.69, 9.17) is 11.6 Å². The van der Waals surface area contributed by atoms with Crippen molar-refractivity contribution >= 4 is 33.6 Å². The van der Waals surface area contributed by atoms with Crippen molar-refractivity contribution in [2.45, 2.75) is 50.8 Å². The molecule has 5 nitrogen and oxygen atoms in total. The van der Waals surface area contributed by atoms with Crippen molar-refractivity contribution in [1.82, 2.24) is 19.3 Å². The first kappa shape index (κ1) is 16.5. The molecule has 2 rings (SSSR count). The zero-order chi connectivity index (χ0) is 15.6. The van der Waals surface area contributed by atoms with Gasteiger partial charge in [-0.1, -0.05) is 20.3 Å². The second-order valence-electron chi connectivity index (χ2n) is 5.40. The number of aromatic nitrogens is 4. The molecule has 0 fully saturated rings. The van der Waals surface area contributed by atoms with Crippen LogP contribution in [0.3, 0.4) is 0 Å². The van der Waals surface area contributed by atoms with Crippen LogP contribution in [0.4, 0.5) is 0 Å². The molecule has 2 atom stereocenters. The lowest BCUT2D eigenvalue weighted by Crippen LogP contribution is -2.15. The van der Waals surface area contributed by atoms with Gasteiger partial charge < -0.3 is 4.57 Å². The van der Waals surface area contributed by atoms with Crippen LogP contribution in [0.5, 0.6) is 0 Å². The average molecular weight is 331 g/mol. The molecule has 0 amide bonds. The van der Waals surface area contributed by atoms with Crippen molar-refractivity contribution in [3.05, 3.63) is 11.5 Å². The lowest BCUT2D eigenvalue weighted by atomic mass is 10.2. The summed E-state index contributed by atoms with van der Waals surface area (Å²) < 4.78 is 15.5. The quantitative estimate of drug-likeness (QED) is 0.733. The lowest BCUT2D eigenvalue weighted by Gasteiger charge is -2.11. The van der Waals surface area contributed by atoms with E-state index in [0.717, 1.165) is 48.5 Å². The topological polar surface area (TPSA) is 52.7 Å². The van der Waals surface area contributed by atoms with E-state index in [-0.39, 0.29) is 5.25 Å². The largest absolute Gasteiger partial charge is 0.312 e. The van der Waals surface area contributed by atoms with Crippen LogP contribution in [0.1, 0.15) is 38.2 Å². The molecule has 0 radical (unpaired) electrons. The number of rotatable bonds is 7. The van der Waals surface area contributed by atoms with Gasteiger partial charge in [0.15, 0.2) is 5.65 Å². The zero-order valence-electron chi connectivity index (χ0n) is 13.1. The molecule has 0 saturated heterocycles. The van der Waals surface area contributed by atoms with Gasteiger partial charge in [0.1, 0.15) is 11.3 Å². The summed E-state index contributed by atoms with van der Waals surface area (Å²) in [4.78, 5) is 4.67. The molecule has 0 bridgehead atoms. The molecule has 2 aromatic rings. The lowest BCUT2D eigenvalue weighted by molar-refractivity contribution is 0.600. The minimum absolute atomic E-state index is 0.161. The highest BCUT2D eigenvalue weighted by molar-refractivity contribution is 7.84. The predicted molar refractivity (Wildman–Crippen MR) is 88.2 cm³/mol. The highest BCUT2D eigenvalue weighted by atomic mass is 35.5. The Hall–Kier alpha value is -0.880. The molecule has 0 aromatic carbocycles. The van der Waals surface area contributed by atoms with E-state index in [1.807, 2.05) is 18.7 Å². The summed E-state index contributed by atoms with van der Waals surface area (Å²) in [6, 6.07) is 0. The molecule has 2 unspecified atom stereocenters. The fraction of sp³-hybridized carbons (Fsp3) is 0.714. The summed E-state index contributed by atoms with van der Waals surface area (Å²) in [6.45, 7) is 4.92. The highest BCUT2D eigenvalue weighted by Crippen LogP contribution is 2.22. The van der Waals surface area contributed by atoms with Crippen molar-refractivity contribution < 1.29 is 4.21 Å². The Balaban J connectivity index is 2.39. The smallest absolute Gasteiger partial charge is 0.158 e. The van der Waals surface area contributed by atoms with Gasteiger partial charge in [-0.3, -0.25) is 8.89 Å². The molecule has 0 saturated carbocycles. The fourth-order valence-electron chi connectivity index (χ4n) is 2.51. The number of fused-ring (bicyclic) bond motifs is 1. The number of hydrogen-bond acceptors (Lipinski definition) is 3. The van der Waals surface area contributed by atoms with E-state index in [2.05, 4.69) is 21.6 Å². The van der Waals surface area contributed by atoms with Crippen LogP contribution in [0.2, 0.25) is 0 Å². The van der Waals surface area contributed by atoms with E-state index in [9.17, 15) is 4.21 Å². The van der Waals surface area contributed by atoms with Crippen molar-refractivity contribution in [3.63, 3.8) is 0 Å². The molecule has 0 aliphatic heterocycles. The van der Waals surface area contributed by atoms with Gasteiger partial charge in [-0.2, -0.15) is 5.10 Å². The third kappa shape index (κ3) is 3.31. The summed E-state index contributed by atoms with van der Waals surface area (Å²) in [6.07, 6.45) is 4.55. The fourth-order valence-corrected chi connectivity index (χ4v) is 3.15. The maximum Gasteiger partial charge on any atom is 0.158 e. The average Bonchev–Trinajstić information content (AvgIpc) is 2.95. The van der Waals surface area contributed by atoms with E-state index in [1.165, 1.54) is 0 Å². The molecule has 2 heterocycles. The highest BCUT2D eigenvalue weighted by Gasteiger charge is 2.19. The number of imidazole rings is 1. The van der Waals surface area contributed by atoms with Crippen LogP contribution >= 0.6 is 11.6 Å². The molecular weight excluding hydrogens is 308 g/mol. The molecule has 0 aliphatic rings. The number of hydrogen-bond donors (Lipinski definition) is 0. The van der Waals surface area contributed by atoms with Crippen LogP contribution in [-0.2, 0) is 36.7 Å². The Morgan fingerprint density at radius 1 is 1.43 bits per heavy atom. The SMILES string of the molecule is CCCc1nn(C)c2c1nc(CCl)n2CCC(C)S(C)=O.